The summed E-state index contributed by atoms with van der Waals surface area (Å²) in [6.45, 7) is 3.45. The van der Waals surface area contributed by atoms with E-state index in [2.05, 4.69) is 10.5 Å². The largest absolute Gasteiger partial charge is 0.484 e. The van der Waals surface area contributed by atoms with Crippen LogP contribution in [-0.4, -0.2) is 41.1 Å². The van der Waals surface area contributed by atoms with Gasteiger partial charge in [0.2, 0.25) is 0 Å². The highest BCUT2D eigenvalue weighted by Gasteiger charge is 2.16. The van der Waals surface area contributed by atoms with E-state index in [1.807, 2.05) is 17.0 Å². The van der Waals surface area contributed by atoms with E-state index in [1.54, 1.807) is 37.3 Å². The van der Waals surface area contributed by atoms with Gasteiger partial charge >= 0.3 is 0 Å². The minimum Gasteiger partial charge on any atom is -0.484 e. The molecule has 152 valence electrons. The third kappa shape index (κ3) is 5.54. The predicted octanol–water partition coefficient (Wildman–Crippen LogP) is 3.82. The van der Waals surface area contributed by atoms with Gasteiger partial charge in [-0.15, -0.1) is 0 Å². The number of carbonyl (C=O) groups is 1. The topological polar surface area (TPSA) is 97.1 Å². The maximum atomic E-state index is 12.2. The molecule has 0 unspecified atom stereocenters. The number of likely N-dealkylation sites (tertiary alicyclic amines) is 1. The number of nitrogens with one attached hydrogen (secondary N) is 1. The Hall–Kier alpha value is -3.42. The molecule has 8 nitrogen and oxygen atoms in total. The van der Waals surface area contributed by atoms with Crippen molar-refractivity contribution in [2.45, 2.75) is 26.2 Å². The molecule has 0 saturated carbocycles. The molecule has 2 aromatic rings. The molecule has 1 aliphatic rings. The zero-order valence-corrected chi connectivity index (χ0v) is 16.3. The molecule has 1 fully saturated rings. The molecule has 1 aliphatic heterocycles. The summed E-state index contributed by atoms with van der Waals surface area (Å²) in [6.07, 6.45) is 3.29. The van der Waals surface area contributed by atoms with Crippen molar-refractivity contribution in [1.82, 2.24) is 4.90 Å². The molecule has 1 heterocycles. The van der Waals surface area contributed by atoms with Crippen LogP contribution < -0.4 is 10.2 Å². The van der Waals surface area contributed by atoms with Crippen LogP contribution in [0.1, 0.15) is 31.7 Å². The Kier molecular flexibility index (Phi) is 6.78. The summed E-state index contributed by atoms with van der Waals surface area (Å²) in [4.78, 5) is 24.6. The van der Waals surface area contributed by atoms with Gasteiger partial charge in [-0.25, -0.2) is 0 Å². The van der Waals surface area contributed by atoms with Gasteiger partial charge in [0.1, 0.15) is 11.4 Å². The lowest BCUT2D eigenvalue weighted by molar-refractivity contribution is -0.384. The summed E-state index contributed by atoms with van der Waals surface area (Å²) >= 11 is 0. The van der Waals surface area contributed by atoms with E-state index in [1.165, 1.54) is 12.5 Å². The summed E-state index contributed by atoms with van der Waals surface area (Å²) in [5, 5.41) is 15.3. The van der Waals surface area contributed by atoms with Gasteiger partial charge in [-0.1, -0.05) is 12.1 Å². The second kappa shape index (κ2) is 9.68. The Morgan fingerprint density at radius 3 is 2.52 bits per heavy atom. The first-order chi connectivity index (χ1) is 14.0. The van der Waals surface area contributed by atoms with Crippen molar-refractivity contribution in [3.8, 4) is 5.75 Å². The van der Waals surface area contributed by atoms with Crippen molar-refractivity contribution in [2.24, 2.45) is 5.10 Å². The number of nitro groups is 1. The van der Waals surface area contributed by atoms with E-state index >= 15 is 0 Å². The Balaban J connectivity index is 1.57. The fourth-order valence-electron chi connectivity index (χ4n) is 3.11. The molecule has 1 saturated heterocycles. The van der Waals surface area contributed by atoms with E-state index in [0.717, 1.165) is 31.5 Å². The highest BCUT2D eigenvalue weighted by molar-refractivity contribution is 5.99. The number of ether oxygens (including phenoxy) is 1. The van der Waals surface area contributed by atoms with Crippen LogP contribution in [0.5, 0.6) is 5.75 Å². The standard InChI is InChI=1S/C21H24N4O4/c1-16(22-23-19-7-3-4-8-20(19)25(27)28)17-9-11-18(12-10-17)29-15-21(26)24-13-5-2-6-14-24/h3-4,7-12,23H,2,5-6,13-15H2,1H3/b22-16-. The van der Waals surface area contributed by atoms with Gasteiger partial charge in [-0.3, -0.25) is 20.3 Å². The van der Waals surface area contributed by atoms with E-state index in [-0.39, 0.29) is 18.2 Å². The number of nitrogens with zero attached hydrogens (tertiary/aromatic N) is 3. The average molecular weight is 396 g/mol. The first kappa shape index (κ1) is 20.3. The zero-order valence-electron chi connectivity index (χ0n) is 16.3. The number of hydrazone groups is 1. The number of hydrogen-bond donors (Lipinski definition) is 1. The van der Waals surface area contributed by atoms with Gasteiger partial charge in [0.15, 0.2) is 6.61 Å². The third-order valence-electron chi connectivity index (χ3n) is 4.79. The van der Waals surface area contributed by atoms with Gasteiger partial charge in [0.25, 0.3) is 11.6 Å². The number of nitro benzene ring substituents is 1. The van der Waals surface area contributed by atoms with E-state index < -0.39 is 4.92 Å². The maximum Gasteiger partial charge on any atom is 0.294 e. The Morgan fingerprint density at radius 1 is 1.14 bits per heavy atom. The van der Waals surface area contributed by atoms with Crippen molar-refractivity contribution < 1.29 is 14.5 Å². The molecule has 0 atom stereocenters. The quantitative estimate of drug-likeness (QED) is 0.436. The van der Waals surface area contributed by atoms with Crippen molar-refractivity contribution in [2.75, 3.05) is 25.1 Å². The van der Waals surface area contributed by atoms with Gasteiger partial charge in [0, 0.05) is 19.2 Å². The first-order valence-electron chi connectivity index (χ1n) is 9.59. The number of anilines is 1. The Morgan fingerprint density at radius 2 is 1.83 bits per heavy atom. The van der Waals surface area contributed by atoms with Crippen LogP contribution in [-0.2, 0) is 4.79 Å². The molecule has 0 spiro atoms. The minimum absolute atomic E-state index is 0.0141. The second-order valence-corrected chi connectivity index (χ2v) is 6.84. The number of benzene rings is 2. The molecule has 8 heteroatoms. The molecule has 29 heavy (non-hydrogen) atoms. The number of carbonyl (C=O) groups excluding carboxylic acids is 1. The smallest absolute Gasteiger partial charge is 0.294 e. The number of rotatable bonds is 7. The summed E-state index contributed by atoms with van der Waals surface area (Å²) in [5.74, 6) is 0.624. The van der Waals surface area contributed by atoms with Crippen molar-refractivity contribution >= 4 is 23.0 Å². The van der Waals surface area contributed by atoms with Crippen LogP contribution in [0.25, 0.3) is 0 Å². The molecular weight excluding hydrogens is 372 g/mol. The summed E-state index contributed by atoms with van der Waals surface area (Å²) in [6, 6.07) is 13.6. The lowest BCUT2D eigenvalue weighted by Crippen LogP contribution is -2.38. The van der Waals surface area contributed by atoms with E-state index in [4.69, 9.17) is 4.74 Å². The molecule has 1 N–H and O–H groups in total. The van der Waals surface area contributed by atoms with Gasteiger partial charge in [-0.2, -0.15) is 5.10 Å². The molecule has 0 radical (unpaired) electrons. The first-order valence-corrected chi connectivity index (χ1v) is 9.59. The van der Waals surface area contributed by atoms with Crippen molar-refractivity contribution in [3.05, 3.63) is 64.2 Å². The SMILES string of the molecule is C/C(=N/Nc1ccccc1[N+](=O)[O-])c1ccc(OCC(=O)N2CCCCC2)cc1. The van der Waals surface area contributed by atoms with Crippen LogP contribution in [0.3, 0.4) is 0 Å². The van der Waals surface area contributed by atoms with Crippen LogP contribution in [0.4, 0.5) is 11.4 Å². The molecule has 0 bridgehead atoms. The lowest BCUT2D eigenvalue weighted by Gasteiger charge is -2.26. The average Bonchev–Trinajstić information content (AvgIpc) is 2.77. The summed E-state index contributed by atoms with van der Waals surface area (Å²) in [7, 11) is 0. The minimum atomic E-state index is -0.454. The molecule has 2 aromatic carbocycles. The predicted molar refractivity (Wildman–Crippen MR) is 111 cm³/mol. The van der Waals surface area contributed by atoms with Crippen LogP contribution in [0, 0.1) is 10.1 Å². The lowest BCUT2D eigenvalue weighted by atomic mass is 10.1. The maximum absolute atomic E-state index is 12.2. The monoisotopic (exact) mass is 396 g/mol. The molecule has 0 aliphatic carbocycles. The molecule has 0 aromatic heterocycles. The number of amides is 1. The highest BCUT2D eigenvalue weighted by Crippen LogP contribution is 2.23. The van der Waals surface area contributed by atoms with Gasteiger partial charge in [0.05, 0.1) is 10.6 Å². The van der Waals surface area contributed by atoms with Crippen molar-refractivity contribution in [3.63, 3.8) is 0 Å². The summed E-state index contributed by atoms with van der Waals surface area (Å²) in [5.41, 5.74) is 4.54. The number of hydrogen-bond acceptors (Lipinski definition) is 6. The molecular formula is C21H24N4O4. The second-order valence-electron chi connectivity index (χ2n) is 6.84. The highest BCUT2D eigenvalue weighted by atomic mass is 16.6. The number of para-hydroxylation sites is 2. The molecule has 1 amide bonds. The zero-order chi connectivity index (χ0) is 20.6. The van der Waals surface area contributed by atoms with Crippen molar-refractivity contribution in [1.29, 1.82) is 0 Å². The Labute approximate surface area is 169 Å². The van der Waals surface area contributed by atoms with E-state index in [9.17, 15) is 14.9 Å². The fraction of sp³-hybridized carbons (Fsp3) is 0.333. The summed E-state index contributed by atoms with van der Waals surface area (Å²) < 4.78 is 5.61. The number of piperidine rings is 1. The van der Waals surface area contributed by atoms with Gasteiger partial charge < -0.3 is 9.64 Å². The van der Waals surface area contributed by atoms with Gasteiger partial charge in [-0.05, 0) is 62.1 Å². The Bertz CT molecular complexity index is 890. The fourth-order valence-corrected chi connectivity index (χ4v) is 3.11. The normalized spacial score (nSPS) is 14.4. The molecule has 3 rings (SSSR count). The van der Waals surface area contributed by atoms with Crippen LogP contribution >= 0.6 is 0 Å². The third-order valence-corrected chi connectivity index (χ3v) is 4.79. The van der Waals surface area contributed by atoms with Crippen LogP contribution in [0.15, 0.2) is 53.6 Å². The van der Waals surface area contributed by atoms with Crippen LogP contribution in [0.2, 0.25) is 0 Å². The van der Waals surface area contributed by atoms with E-state index in [0.29, 0.717) is 17.1 Å².